The molecule has 1 aliphatic rings. The molecule has 1 N–H and O–H groups in total. The molecule has 0 aliphatic carbocycles. The summed E-state index contributed by atoms with van der Waals surface area (Å²) >= 11 is 0. The maximum atomic E-state index is 13.0. The molecule has 2 aromatic carbocycles. The first-order valence-corrected chi connectivity index (χ1v) is 9.61. The third-order valence-corrected chi connectivity index (χ3v) is 4.92. The van der Waals surface area contributed by atoms with E-state index in [0.717, 1.165) is 16.0 Å². The lowest BCUT2D eigenvalue weighted by Gasteiger charge is -2.26. The molecule has 4 amide bonds. The number of anilines is 1. The van der Waals surface area contributed by atoms with Crippen LogP contribution in [0.15, 0.2) is 42.0 Å². The van der Waals surface area contributed by atoms with Crippen LogP contribution < -0.4 is 19.7 Å². The second-order valence-electron chi connectivity index (χ2n) is 7.00. The van der Waals surface area contributed by atoms with Crippen LogP contribution in [0.1, 0.15) is 16.7 Å². The first-order chi connectivity index (χ1) is 15.2. The van der Waals surface area contributed by atoms with Crippen molar-refractivity contribution in [3.63, 3.8) is 0 Å². The zero-order chi connectivity index (χ0) is 23.4. The van der Waals surface area contributed by atoms with E-state index < -0.39 is 23.8 Å². The summed E-state index contributed by atoms with van der Waals surface area (Å²) in [6.07, 6.45) is 1.35. The molecule has 1 heterocycles. The molecule has 1 aliphatic heterocycles. The first-order valence-electron chi connectivity index (χ1n) is 9.61. The summed E-state index contributed by atoms with van der Waals surface area (Å²) < 4.78 is 15.2. The summed E-state index contributed by atoms with van der Waals surface area (Å²) in [4.78, 5) is 50.0. The van der Waals surface area contributed by atoms with Crippen molar-refractivity contribution in [1.29, 1.82) is 0 Å². The lowest BCUT2D eigenvalue weighted by Crippen LogP contribution is -2.54. The number of methoxy groups -OCH3 is 2. The minimum absolute atomic E-state index is 0.215. The van der Waals surface area contributed by atoms with Gasteiger partial charge in [0.25, 0.3) is 11.8 Å². The fourth-order valence-electron chi connectivity index (χ4n) is 3.01. The van der Waals surface area contributed by atoms with Crippen LogP contribution >= 0.6 is 0 Å². The van der Waals surface area contributed by atoms with E-state index in [9.17, 15) is 19.2 Å². The minimum atomic E-state index is -0.815. The number of rotatable bonds is 6. The highest BCUT2D eigenvalue weighted by atomic mass is 16.6. The van der Waals surface area contributed by atoms with Crippen molar-refractivity contribution in [2.75, 3.05) is 25.7 Å². The Morgan fingerprint density at radius 2 is 1.75 bits per heavy atom. The Balaban J connectivity index is 1.93. The van der Waals surface area contributed by atoms with Crippen LogP contribution in [0.4, 0.5) is 10.5 Å². The number of esters is 1. The SMILES string of the molecule is COC(=O)COc1ccc(C=C2C(=O)NC(=O)N(c3ccc(C)c(C)c3)C2=O)cc1OC. The van der Waals surface area contributed by atoms with Gasteiger partial charge in [0.05, 0.1) is 19.9 Å². The molecule has 9 nitrogen and oxygen atoms in total. The lowest BCUT2D eigenvalue weighted by atomic mass is 10.0. The first kappa shape index (κ1) is 22.5. The molecule has 1 saturated heterocycles. The van der Waals surface area contributed by atoms with Crippen molar-refractivity contribution in [3.05, 3.63) is 58.7 Å². The molecule has 166 valence electrons. The van der Waals surface area contributed by atoms with E-state index in [4.69, 9.17) is 9.47 Å². The van der Waals surface area contributed by atoms with Gasteiger partial charge in [-0.3, -0.25) is 14.9 Å². The lowest BCUT2D eigenvalue weighted by molar-refractivity contribution is -0.143. The normalized spacial score (nSPS) is 14.9. The van der Waals surface area contributed by atoms with E-state index in [1.165, 1.54) is 32.4 Å². The highest BCUT2D eigenvalue weighted by Gasteiger charge is 2.36. The van der Waals surface area contributed by atoms with Gasteiger partial charge in [0.15, 0.2) is 18.1 Å². The molecular formula is C23H22N2O7. The average Bonchev–Trinajstić information content (AvgIpc) is 2.77. The number of nitrogens with zero attached hydrogens (tertiary/aromatic N) is 1. The summed E-state index contributed by atoms with van der Waals surface area (Å²) in [7, 11) is 2.66. The highest BCUT2D eigenvalue weighted by molar-refractivity contribution is 6.39. The van der Waals surface area contributed by atoms with Crippen molar-refractivity contribution in [2.24, 2.45) is 0 Å². The summed E-state index contributed by atoms with van der Waals surface area (Å²) in [6.45, 7) is 3.47. The third-order valence-electron chi connectivity index (χ3n) is 4.92. The Hall–Kier alpha value is -4.14. The number of barbiturate groups is 1. The van der Waals surface area contributed by atoms with Crippen LogP contribution in [0.5, 0.6) is 11.5 Å². The number of carbonyl (C=O) groups excluding carboxylic acids is 4. The van der Waals surface area contributed by atoms with Crippen LogP contribution in [0, 0.1) is 13.8 Å². The van der Waals surface area contributed by atoms with Gasteiger partial charge in [0, 0.05) is 0 Å². The molecule has 32 heavy (non-hydrogen) atoms. The van der Waals surface area contributed by atoms with E-state index in [0.29, 0.717) is 11.3 Å². The van der Waals surface area contributed by atoms with Gasteiger partial charge in [-0.15, -0.1) is 0 Å². The van der Waals surface area contributed by atoms with Gasteiger partial charge >= 0.3 is 12.0 Å². The number of nitrogens with one attached hydrogen (secondary N) is 1. The summed E-state index contributed by atoms with van der Waals surface area (Å²) in [6, 6.07) is 8.98. The Bertz CT molecular complexity index is 1140. The van der Waals surface area contributed by atoms with Crippen molar-refractivity contribution in [3.8, 4) is 11.5 Å². The predicted molar refractivity (Wildman–Crippen MR) is 115 cm³/mol. The largest absolute Gasteiger partial charge is 0.493 e. The number of amides is 4. The van der Waals surface area contributed by atoms with Crippen molar-refractivity contribution < 1.29 is 33.4 Å². The topological polar surface area (TPSA) is 111 Å². The Morgan fingerprint density at radius 3 is 2.41 bits per heavy atom. The Morgan fingerprint density at radius 1 is 1.00 bits per heavy atom. The second kappa shape index (κ2) is 9.34. The maximum Gasteiger partial charge on any atom is 0.343 e. The molecule has 0 atom stereocenters. The molecule has 0 unspecified atom stereocenters. The number of urea groups is 1. The minimum Gasteiger partial charge on any atom is -0.493 e. The monoisotopic (exact) mass is 438 g/mol. The van der Waals surface area contributed by atoms with Crippen LogP contribution in [-0.4, -0.2) is 44.6 Å². The number of hydrogen-bond donors (Lipinski definition) is 1. The number of hydrogen-bond acceptors (Lipinski definition) is 7. The van der Waals surface area contributed by atoms with E-state index >= 15 is 0 Å². The standard InChI is InChI=1S/C23H22N2O7/c1-13-5-7-16(9-14(13)2)25-22(28)17(21(27)24-23(25)29)10-15-6-8-18(19(11-15)30-3)32-12-20(26)31-4/h5-11H,12H2,1-4H3,(H,24,27,29). The van der Waals surface area contributed by atoms with E-state index in [-0.39, 0.29) is 23.7 Å². The second-order valence-corrected chi connectivity index (χ2v) is 7.00. The molecule has 0 bridgehead atoms. The molecule has 0 saturated carbocycles. The molecule has 2 aromatic rings. The van der Waals surface area contributed by atoms with Crippen molar-refractivity contribution in [1.82, 2.24) is 5.32 Å². The quantitative estimate of drug-likeness (QED) is 0.419. The van der Waals surface area contributed by atoms with Crippen LogP contribution in [-0.2, 0) is 19.1 Å². The van der Waals surface area contributed by atoms with Gasteiger partial charge < -0.3 is 14.2 Å². The van der Waals surface area contributed by atoms with E-state index in [2.05, 4.69) is 10.1 Å². The summed E-state index contributed by atoms with van der Waals surface area (Å²) in [5.41, 5.74) is 2.51. The fourth-order valence-corrected chi connectivity index (χ4v) is 3.01. The number of ether oxygens (including phenoxy) is 3. The molecule has 3 rings (SSSR count). The number of imide groups is 2. The zero-order valence-corrected chi connectivity index (χ0v) is 18.1. The smallest absolute Gasteiger partial charge is 0.343 e. The molecule has 0 aromatic heterocycles. The number of aryl methyl sites for hydroxylation is 2. The summed E-state index contributed by atoms with van der Waals surface area (Å²) in [5.74, 6) is -1.53. The van der Waals surface area contributed by atoms with Gasteiger partial charge in [0.1, 0.15) is 5.57 Å². The number of carbonyl (C=O) groups is 4. The average molecular weight is 438 g/mol. The molecule has 1 fully saturated rings. The van der Waals surface area contributed by atoms with E-state index in [1.54, 1.807) is 24.3 Å². The van der Waals surface area contributed by atoms with E-state index in [1.807, 2.05) is 13.8 Å². The van der Waals surface area contributed by atoms with Crippen molar-refractivity contribution in [2.45, 2.75) is 13.8 Å². The zero-order valence-electron chi connectivity index (χ0n) is 18.1. The third kappa shape index (κ3) is 4.61. The van der Waals surface area contributed by atoms with Gasteiger partial charge in [-0.1, -0.05) is 12.1 Å². The van der Waals surface area contributed by atoms with Crippen molar-refractivity contribution >= 4 is 35.6 Å². The maximum absolute atomic E-state index is 13.0. The van der Waals surface area contributed by atoms with Gasteiger partial charge in [-0.05, 0) is 60.9 Å². The van der Waals surface area contributed by atoms with Crippen LogP contribution in [0.25, 0.3) is 6.08 Å². The Kier molecular flexibility index (Phi) is 6.58. The van der Waals surface area contributed by atoms with Crippen LogP contribution in [0.2, 0.25) is 0 Å². The predicted octanol–water partition coefficient (Wildman–Crippen LogP) is 2.53. The molecule has 9 heteroatoms. The van der Waals surface area contributed by atoms with Gasteiger partial charge in [-0.2, -0.15) is 0 Å². The Labute approximate surface area is 184 Å². The molecular weight excluding hydrogens is 416 g/mol. The van der Waals surface area contributed by atoms with Gasteiger partial charge in [-0.25, -0.2) is 14.5 Å². The summed E-state index contributed by atoms with van der Waals surface area (Å²) in [5, 5.41) is 2.19. The fraction of sp³-hybridized carbons (Fsp3) is 0.217. The van der Waals surface area contributed by atoms with Gasteiger partial charge in [0.2, 0.25) is 0 Å². The molecule has 0 radical (unpaired) electrons. The number of benzene rings is 2. The van der Waals surface area contributed by atoms with Crippen LogP contribution in [0.3, 0.4) is 0 Å². The molecule has 0 spiro atoms. The highest BCUT2D eigenvalue weighted by Crippen LogP contribution is 2.30.